The summed E-state index contributed by atoms with van der Waals surface area (Å²) in [4.78, 5) is 41.5. The highest BCUT2D eigenvalue weighted by atomic mass is 16.5. The Hall–Kier alpha value is -5.87. The first kappa shape index (κ1) is 27.7. The molecule has 1 atom stereocenters. The Bertz CT molecular complexity index is 1760. The van der Waals surface area contributed by atoms with Gasteiger partial charge in [0.05, 0.1) is 37.0 Å². The molecule has 5 rings (SSSR count). The van der Waals surface area contributed by atoms with E-state index in [2.05, 4.69) is 16.3 Å². The maximum absolute atomic E-state index is 13.7. The molecule has 42 heavy (non-hydrogen) atoms. The molecule has 1 aromatic heterocycles. The van der Waals surface area contributed by atoms with Crippen molar-refractivity contribution in [1.29, 1.82) is 5.26 Å². The highest BCUT2D eigenvalue weighted by molar-refractivity contribution is 6.16. The van der Waals surface area contributed by atoms with Crippen molar-refractivity contribution in [2.24, 2.45) is 0 Å². The van der Waals surface area contributed by atoms with Crippen LogP contribution in [0.15, 0.2) is 72.9 Å². The van der Waals surface area contributed by atoms with Gasteiger partial charge in [-0.05, 0) is 73.7 Å². The lowest BCUT2D eigenvalue weighted by atomic mass is 10.0. The van der Waals surface area contributed by atoms with Crippen LogP contribution >= 0.6 is 0 Å². The first-order chi connectivity index (χ1) is 20.3. The fourth-order valence-corrected chi connectivity index (χ4v) is 4.77. The topological polar surface area (TPSA) is 127 Å². The van der Waals surface area contributed by atoms with E-state index in [1.165, 1.54) is 24.1 Å². The third-order valence-corrected chi connectivity index (χ3v) is 6.81. The number of terminal acetylenes is 1. The van der Waals surface area contributed by atoms with Gasteiger partial charge in [0.15, 0.2) is 5.78 Å². The van der Waals surface area contributed by atoms with Crippen LogP contribution < -0.4 is 19.7 Å². The zero-order valence-corrected chi connectivity index (χ0v) is 22.8. The van der Waals surface area contributed by atoms with Crippen LogP contribution in [0.3, 0.4) is 0 Å². The highest BCUT2D eigenvalue weighted by Gasteiger charge is 2.36. The van der Waals surface area contributed by atoms with Crippen LogP contribution in [-0.4, -0.2) is 47.1 Å². The number of methoxy groups -OCH3 is 1. The second-order valence-electron chi connectivity index (χ2n) is 9.49. The summed E-state index contributed by atoms with van der Waals surface area (Å²) in [5, 5.41) is 16.4. The van der Waals surface area contributed by atoms with Crippen molar-refractivity contribution in [2.75, 3.05) is 23.9 Å². The number of hydrogen-bond donors (Lipinski definition) is 1. The number of aromatic nitrogens is 2. The Labute approximate surface area is 242 Å². The highest BCUT2D eigenvalue weighted by Crippen LogP contribution is 2.29. The number of hydrogen-bond acceptors (Lipinski definition) is 7. The number of ether oxygens (including phenoxy) is 2. The molecule has 2 heterocycles. The maximum atomic E-state index is 13.7. The average Bonchev–Trinajstić information content (AvgIpc) is 3.44. The van der Waals surface area contributed by atoms with Gasteiger partial charge < -0.3 is 19.7 Å². The Morgan fingerprint density at radius 2 is 1.79 bits per heavy atom. The third-order valence-electron chi connectivity index (χ3n) is 6.81. The van der Waals surface area contributed by atoms with Gasteiger partial charge in [-0.25, -0.2) is 0 Å². The third kappa shape index (κ3) is 5.29. The quantitative estimate of drug-likeness (QED) is 0.252. The number of carbonyl (C=O) groups is 3. The Kier molecular flexibility index (Phi) is 7.72. The smallest absolute Gasteiger partial charge is 0.277 e. The molecule has 0 aliphatic carbocycles. The molecule has 0 fully saturated rings. The normalized spacial score (nSPS) is 13.9. The van der Waals surface area contributed by atoms with Gasteiger partial charge in [0.1, 0.15) is 29.9 Å². The van der Waals surface area contributed by atoms with Crippen LogP contribution in [-0.2, 0) is 6.54 Å². The van der Waals surface area contributed by atoms with E-state index in [0.717, 1.165) is 0 Å². The number of amides is 2. The van der Waals surface area contributed by atoms with Gasteiger partial charge in [0.2, 0.25) is 0 Å². The molecule has 1 aliphatic heterocycles. The van der Waals surface area contributed by atoms with Crippen molar-refractivity contribution < 1.29 is 23.9 Å². The summed E-state index contributed by atoms with van der Waals surface area (Å²) in [5.74, 6) is 2.23. The number of fused-ring (bicyclic) bond motifs is 1. The maximum Gasteiger partial charge on any atom is 0.277 e. The molecule has 1 N–H and O–H groups in total. The van der Waals surface area contributed by atoms with Crippen LogP contribution in [0.25, 0.3) is 0 Å². The van der Waals surface area contributed by atoms with E-state index in [9.17, 15) is 19.6 Å². The van der Waals surface area contributed by atoms with Gasteiger partial charge in [-0.3, -0.25) is 19.1 Å². The van der Waals surface area contributed by atoms with Crippen molar-refractivity contribution in [3.8, 4) is 29.9 Å². The summed E-state index contributed by atoms with van der Waals surface area (Å²) < 4.78 is 12.0. The minimum absolute atomic E-state index is 0.104. The average molecular weight is 560 g/mol. The first-order valence-corrected chi connectivity index (χ1v) is 12.9. The Morgan fingerprint density at radius 3 is 2.43 bits per heavy atom. The predicted octanol–water partition coefficient (Wildman–Crippen LogP) is 4.31. The number of ketones is 1. The van der Waals surface area contributed by atoms with Gasteiger partial charge in [-0.15, -0.1) is 6.42 Å². The van der Waals surface area contributed by atoms with E-state index in [-0.39, 0.29) is 35.3 Å². The minimum Gasteiger partial charge on any atom is -0.495 e. The van der Waals surface area contributed by atoms with Crippen molar-refractivity contribution in [3.05, 3.63) is 101 Å². The lowest BCUT2D eigenvalue weighted by molar-refractivity contribution is 0.0933. The minimum atomic E-state index is -0.537. The predicted molar refractivity (Wildman–Crippen MR) is 155 cm³/mol. The fourth-order valence-electron chi connectivity index (χ4n) is 4.77. The van der Waals surface area contributed by atoms with E-state index < -0.39 is 11.8 Å². The second-order valence-corrected chi connectivity index (χ2v) is 9.49. The Morgan fingerprint density at radius 1 is 1.10 bits per heavy atom. The number of rotatable bonds is 8. The van der Waals surface area contributed by atoms with Gasteiger partial charge >= 0.3 is 0 Å². The van der Waals surface area contributed by atoms with E-state index in [0.29, 0.717) is 40.5 Å². The number of nitrogens with one attached hydrogen (secondary N) is 1. The molecule has 3 aromatic carbocycles. The molecule has 0 saturated carbocycles. The van der Waals surface area contributed by atoms with Gasteiger partial charge in [0.25, 0.3) is 11.8 Å². The largest absolute Gasteiger partial charge is 0.495 e. The molecule has 0 unspecified atom stereocenters. The van der Waals surface area contributed by atoms with E-state index in [1.54, 1.807) is 65.6 Å². The van der Waals surface area contributed by atoms with Gasteiger partial charge in [-0.2, -0.15) is 10.4 Å². The van der Waals surface area contributed by atoms with Crippen LogP contribution in [0.4, 0.5) is 11.4 Å². The van der Waals surface area contributed by atoms with Crippen LogP contribution in [0.5, 0.6) is 11.5 Å². The molecule has 10 nitrogen and oxygen atoms in total. The molecule has 0 radical (unpaired) electrons. The standard InChI is InChI=1S/C32H25N5O5/c1-4-15-42-26-12-7-22(8-13-26)30(38)21-5-10-25(11-6-21)37-20(2)19-36-29(32(37)40)27(18-34-36)31(39)35-24-9-14-28(41-3)23(16-24)17-33/h1,5-14,16,18,20H,15,19H2,2-3H3,(H,35,39)/t20-/m0/s1. The molecule has 0 saturated heterocycles. The molecule has 0 bridgehead atoms. The zero-order valence-electron chi connectivity index (χ0n) is 22.8. The number of benzene rings is 3. The molecular formula is C32H25N5O5. The molecule has 10 heteroatoms. The summed E-state index contributed by atoms with van der Waals surface area (Å²) in [6.07, 6.45) is 6.57. The number of nitrogens with zero attached hydrogens (tertiary/aromatic N) is 4. The van der Waals surface area contributed by atoms with Gasteiger partial charge in [0, 0.05) is 22.5 Å². The molecule has 208 valence electrons. The number of nitriles is 1. The zero-order chi connectivity index (χ0) is 29.8. The summed E-state index contributed by atoms with van der Waals surface area (Å²) in [6.45, 7) is 2.39. The summed E-state index contributed by atoms with van der Waals surface area (Å²) >= 11 is 0. The summed E-state index contributed by atoms with van der Waals surface area (Å²) in [7, 11) is 1.45. The number of carbonyl (C=O) groups excluding carboxylic acids is 3. The van der Waals surface area contributed by atoms with E-state index in [4.69, 9.17) is 15.9 Å². The van der Waals surface area contributed by atoms with E-state index in [1.807, 2.05) is 13.0 Å². The molecule has 4 aromatic rings. The molecule has 1 aliphatic rings. The second kappa shape index (κ2) is 11.7. The van der Waals surface area contributed by atoms with Crippen molar-refractivity contribution in [2.45, 2.75) is 19.5 Å². The van der Waals surface area contributed by atoms with E-state index >= 15 is 0 Å². The summed E-state index contributed by atoms with van der Waals surface area (Å²) in [5.41, 5.74) is 2.40. The lowest BCUT2D eigenvalue weighted by Crippen LogP contribution is -2.47. The summed E-state index contributed by atoms with van der Waals surface area (Å²) in [6, 6.07) is 19.9. The molecule has 2 amide bonds. The van der Waals surface area contributed by atoms with Crippen molar-refractivity contribution in [3.63, 3.8) is 0 Å². The first-order valence-electron chi connectivity index (χ1n) is 12.9. The van der Waals surface area contributed by atoms with Gasteiger partial charge in [-0.1, -0.05) is 5.92 Å². The fraction of sp³-hybridized carbons (Fsp3) is 0.156. The Balaban J connectivity index is 1.35. The van der Waals surface area contributed by atoms with Crippen molar-refractivity contribution >= 4 is 29.0 Å². The molecular weight excluding hydrogens is 534 g/mol. The van der Waals surface area contributed by atoms with Crippen molar-refractivity contribution in [1.82, 2.24) is 9.78 Å². The van der Waals surface area contributed by atoms with Crippen LogP contribution in [0.2, 0.25) is 0 Å². The van der Waals surface area contributed by atoms with Crippen LogP contribution in [0.1, 0.15) is 49.3 Å². The molecule has 0 spiro atoms. The SMILES string of the molecule is C#CCOc1ccc(C(=O)c2ccc(N3C(=O)c4c(C(=O)Nc5ccc(OC)c(C#N)c5)cnn4C[C@@H]3C)cc2)cc1. The number of anilines is 2. The monoisotopic (exact) mass is 559 g/mol. The lowest BCUT2D eigenvalue weighted by Gasteiger charge is -2.34. The van der Waals surface area contributed by atoms with Crippen LogP contribution in [0, 0.1) is 23.7 Å².